The summed E-state index contributed by atoms with van der Waals surface area (Å²) in [5, 5.41) is 15.9. The molecule has 8 nitrogen and oxygen atoms in total. The Morgan fingerprint density at radius 3 is 2.63 bits per heavy atom. The average Bonchev–Trinajstić information content (AvgIpc) is 3.54. The number of furan rings is 1. The first-order valence-electron chi connectivity index (χ1n) is 11.9. The van der Waals surface area contributed by atoms with Gasteiger partial charge in [0, 0.05) is 30.4 Å². The second kappa shape index (κ2) is 10.8. The number of anilines is 1. The van der Waals surface area contributed by atoms with Gasteiger partial charge in [-0.2, -0.15) is 0 Å². The molecule has 1 fully saturated rings. The number of rotatable bonds is 8. The van der Waals surface area contributed by atoms with E-state index in [9.17, 15) is 19.1 Å². The molecule has 1 amide bonds. The van der Waals surface area contributed by atoms with Crippen molar-refractivity contribution in [1.29, 1.82) is 0 Å². The predicted octanol–water partition coefficient (Wildman–Crippen LogP) is 5.18. The van der Waals surface area contributed by atoms with Crippen LogP contribution in [0, 0.1) is 5.82 Å². The van der Waals surface area contributed by atoms with Gasteiger partial charge in [-0.25, -0.2) is 9.18 Å². The van der Waals surface area contributed by atoms with Gasteiger partial charge in [0.25, 0.3) is 0 Å². The number of thiocarbonyl (C=S) groups is 1. The molecule has 2 atom stereocenters. The third kappa shape index (κ3) is 5.40. The Labute approximate surface area is 223 Å². The van der Waals surface area contributed by atoms with Gasteiger partial charge in [-0.3, -0.25) is 9.78 Å². The van der Waals surface area contributed by atoms with Crippen LogP contribution in [0.3, 0.4) is 0 Å². The maximum absolute atomic E-state index is 13.2. The molecular formula is C28H23FN4O4S. The van der Waals surface area contributed by atoms with Crippen LogP contribution in [0.25, 0.3) is 11.3 Å². The van der Waals surface area contributed by atoms with E-state index < -0.39 is 12.0 Å². The smallest absolute Gasteiger partial charge is 0.335 e. The SMILES string of the molecule is O=C(CCN1C(=S)NC(c2ccccn2)C1c1ccc(-c2cccc(C(=O)O)c2)o1)Nc1ccc(F)cc1. The second-order valence-electron chi connectivity index (χ2n) is 8.71. The molecule has 2 aromatic heterocycles. The number of nitrogens with zero attached hydrogens (tertiary/aromatic N) is 2. The van der Waals surface area contributed by atoms with E-state index in [0.717, 1.165) is 5.69 Å². The van der Waals surface area contributed by atoms with Crippen molar-refractivity contribution in [3.05, 3.63) is 108 Å². The van der Waals surface area contributed by atoms with E-state index in [1.54, 1.807) is 30.5 Å². The average molecular weight is 531 g/mol. The quantitative estimate of drug-likeness (QED) is 0.268. The van der Waals surface area contributed by atoms with Gasteiger partial charge in [-0.15, -0.1) is 0 Å². The third-order valence-electron chi connectivity index (χ3n) is 6.22. The Hall–Kier alpha value is -4.57. The molecular weight excluding hydrogens is 507 g/mol. The number of carboxylic acid groups (broad SMARTS) is 1. The Morgan fingerprint density at radius 1 is 1.08 bits per heavy atom. The highest BCUT2D eigenvalue weighted by molar-refractivity contribution is 7.80. The highest BCUT2D eigenvalue weighted by Crippen LogP contribution is 2.40. The van der Waals surface area contributed by atoms with Crippen molar-refractivity contribution >= 4 is 34.9 Å². The number of hydrogen-bond acceptors (Lipinski definition) is 5. The van der Waals surface area contributed by atoms with E-state index in [1.165, 1.54) is 30.3 Å². The first-order chi connectivity index (χ1) is 18.4. The van der Waals surface area contributed by atoms with Crippen LogP contribution in [-0.2, 0) is 4.79 Å². The molecule has 5 rings (SSSR count). The van der Waals surface area contributed by atoms with Gasteiger partial charge in [0.2, 0.25) is 5.91 Å². The summed E-state index contributed by atoms with van der Waals surface area (Å²) in [6, 6.07) is 20.5. The summed E-state index contributed by atoms with van der Waals surface area (Å²) in [6.45, 7) is 0.289. The minimum Gasteiger partial charge on any atom is -0.478 e. The number of benzene rings is 2. The Kier molecular flexibility index (Phi) is 7.14. The summed E-state index contributed by atoms with van der Waals surface area (Å²) < 4.78 is 19.4. The normalized spacial score (nSPS) is 16.8. The first kappa shape index (κ1) is 25.1. The number of carbonyl (C=O) groups is 2. The lowest BCUT2D eigenvalue weighted by molar-refractivity contribution is -0.116. The second-order valence-corrected chi connectivity index (χ2v) is 9.10. The van der Waals surface area contributed by atoms with E-state index in [2.05, 4.69) is 15.6 Å². The lowest BCUT2D eigenvalue weighted by Crippen LogP contribution is -2.32. The van der Waals surface area contributed by atoms with Crippen LogP contribution in [-0.4, -0.2) is 38.5 Å². The fourth-order valence-corrected chi connectivity index (χ4v) is 4.74. The van der Waals surface area contributed by atoms with Crippen LogP contribution in [0.5, 0.6) is 0 Å². The molecule has 1 aliphatic rings. The van der Waals surface area contributed by atoms with Gasteiger partial charge in [-0.05, 0) is 72.9 Å². The zero-order chi connectivity index (χ0) is 26.6. The third-order valence-corrected chi connectivity index (χ3v) is 6.57. The van der Waals surface area contributed by atoms with Crippen molar-refractivity contribution in [3.63, 3.8) is 0 Å². The highest BCUT2D eigenvalue weighted by atomic mass is 32.1. The molecule has 3 heterocycles. The standard InChI is InChI=1S/C28H23FN4O4S/c29-19-7-9-20(10-8-19)31-24(34)13-15-33-26(25(32-28(33)38)21-6-1-2-14-30-21)23-12-11-22(37-23)17-4-3-5-18(16-17)27(35)36/h1-12,14,16,25-26H,13,15H2,(H,31,34)(H,32,38)(H,35,36). The van der Waals surface area contributed by atoms with Crippen molar-refractivity contribution in [2.75, 3.05) is 11.9 Å². The highest BCUT2D eigenvalue weighted by Gasteiger charge is 2.41. The lowest BCUT2D eigenvalue weighted by atomic mass is 10.0. The molecule has 0 aliphatic carbocycles. The van der Waals surface area contributed by atoms with Crippen molar-refractivity contribution in [2.45, 2.75) is 18.5 Å². The van der Waals surface area contributed by atoms with E-state index in [0.29, 0.717) is 27.9 Å². The van der Waals surface area contributed by atoms with Gasteiger partial charge in [0.15, 0.2) is 5.11 Å². The van der Waals surface area contributed by atoms with Crippen molar-refractivity contribution in [1.82, 2.24) is 15.2 Å². The van der Waals surface area contributed by atoms with Crippen molar-refractivity contribution < 1.29 is 23.5 Å². The van der Waals surface area contributed by atoms with Gasteiger partial charge in [-0.1, -0.05) is 18.2 Å². The van der Waals surface area contributed by atoms with Gasteiger partial charge >= 0.3 is 5.97 Å². The lowest BCUT2D eigenvalue weighted by Gasteiger charge is -2.25. The summed E-state index contributed by atoms with van der Waals surface area (Å²) >= 11 is 5.64. The predicted molar refractivity (Wildman–Crippen MR) is 143 cm³/mol. The molecule has 1 aliphatic heterocycles. The number of hydrogen-bond donors (Lipinski definition) is 3. The first-order valence-corrected chi connectivity index (χ1v) is 12.3. The molecule has 3 N–H and O–H groups in total. The molecule has 2 aromatic carbocycles. The number of pyridine rings is 1. The largest absolute Gasteiger partial charge is 0.478 e. The maximum atomic E-state index is 13.2. The molecule has 1 saturated heterocycles. The number of carbonyl (C=O) groups excluding carboxylic acids is 1. The molecule has 10 heteroatoms. The van der Waals surface area contributed by atoms with Crippen LogP contribution in [0.2, 0.25) is 0 Å². The number of halogens is 1. The summed E-state index contributed by atoms with van der Waals surface area (Å²) in [6.07, 6.45) is 1.82. The Bertz CT molecular complexity index is 1480. The number of aromatic carboxylic acids is 1. The fraction of sp³-hybridized carbons (Fsp3) is 0.143. The molecule has 2 unspecified atom stereocenters. The zero-order valence-electron chi connectivity index (χ0n) is 20.0. The minimum atomic E-state index is -1.02. The summed E-state index contributed by atoms with van der Waals surface area (Å²) in [5.74, 6) is -0.556. The summed E-state index contributed by atoms with van der Waals surface area (Å²) in [5.41, 5.74) is 2.04. The fourth-order valence-electron chi connectivity index (χ4n) is 4.41. The van der Waals surface area contributed by atoms with Crippen LogP contribution >= 0.6 is 12.2 Å². The van der Waals surface area contributed by atoms with E-state index in [4.69, 9.17) is 16.6 Å². The molecule has 192 valence electrons. The Balaban J connectivity index is 1.40. The molecule has 4 aromatic rings. The van der Waals surface area contributed by atoms with Crippen LogP contribution in [0.1, 0.15) is 40.3 Å². The summed E-state index contributed by atoms with van der Waals surface area (Å²) in [7, 11) is 0. The van der Waals surface area contributed by atoms with Gasteiger partial charge < -0.3 is 25.1 Å². The van der Waals surface area contributed by atoms with Crippen LogP contribution in [0.4, 0.5) is 10.1 Å². The maximum Gasteiger partial charge on any atom is 0.335 e. The van der Waals surface area contributed by atoms with Gasteiger partial charge in [0.05, 0.1) is 17.3 Å². The monoisotopic (exact) mass is 530 g/mol. The molecule has 0 radical (unpaired) electrons. The topological polar surface area (TPSA) is 108 Å². The molecule has 0 bridgehead atoms. The number of carboxylic acids is 1. The Morgan fingerprint density at radius 2 is 1.89 bits per heavy atom. The van der Waals surface area contributed by atoms with E-state index >= 15 is 0 Å². The number of amides is 1. The van der Waals surface area contributed by atoms with Crippen molar-refractivity contribution in [2.24, 2.45) is 0 Å². The van der Waals surface area contributed by atoms with E-state index in [-0.39, 0.29) is 36.3 Å². The molecule has 0 saturated carbocycles. The van der Waals surface area contributed by atoms with Crippen LogP contribution in [0.15, 0.2) is 89.5 Å². The van der Waals surface area contributed by atoms with Gasteiger partial charge in [0.1, 0.15) is 23.4 Å². The summed E-state index contributed by atoms with van der Waals surface area (Å²) in [4.78, 5) is 30.4. The van der Waals surface area contributed by atoms with Crippen LogP contribution < -0.4 is 10.6 Å². The number of nitrogens with one attached hydrogen (secondary N) is 2. The van der Waals surface area contributed by atoms with E-state index in [1.807, 2.05) is 29.2 Å². The zero-order valence-corrected chi connectivity index (χ0v) is 20.8. The van der Waals surface area contributed by atoms with Crippen molar-refractivity contribution in [3.8, 4) is 11.3 Å². The molecule has 38 heavy (non-hydrogen) atoms. The molecule has 0 spiro atoms. The minimum absolute atomic E-state index is 0.124. The number of aromatic nitrogens is 1.